The molecule has 0 aliphatic rings. The summed E-state index contributed by atoms with van der Waals surface area (Å²) in [4.78, 5) is 11.3. The average molecular weight is 228 g/mol. The third-order valence-corrected chi connectivity index (χ3v) is 2.10. The van der Waals surface area contributed by atoms with Gasteiger partial charge in [-0.05, 0) is 28.1 Å². The number of aromatic nitrogens is 3. The molecule has 0 aliphatic heterocycles. The molecule has 0 fully saturated rings. The molecule has 0 saturated carbocycles. The van der Waals surface area contributed by atoms with Gasteiger partial charge in [0.05, 0.1) is 0 Å². The molecule has 2 aromatic rings. The molecular weight excluding hydrogens is 222 g/mol. The van der Waals surface area contributed by atoms with Gasteiger partial charge < -0.3 is 0 Å². The number of hydrogen-bond acceptors (Lipinski definition) is 2. The van der Waals surface area contributed by atoms with Crippen LogP contribution < -0.4 is 5.69 Å². The van der Waals surface area contributed by atoms with Crippen molar-refractivity contribution in [3.63, 3.8) is 0 Å². The highest BCUT2D eigenvalue weighted by molar-refractivity contribution is 9.10. The van der Waals surface area contributed by atoms with E-state index in [9.17, 15) is 4.79 Å². The zero-order valence-corrected chi connectivity index (χ0v) is 7.95. The van der Waals surface area contributed by atoms with Gasteiger partial charge in [-0.25, -0.2) is 13.9 Å². The van der Waals surface area contributed by atoms with Crippen LogP contribution in [-0.4, -0.2) is 14.2 Å². The quantitative estimate of drug-likeness (QED) is 0.668. The summed E-state index contributed by atoms with van der Waals surface area (Å²) in [5.74, 6) is 0. The van der Waals surface area contributed by atoms with Gasteiger partial charge in [-0.3, -0.25) is 0 Å². The Labute approximate surface area is 76.6 Å². The Hall–Kier alpha value is -1.10. The van der Waals surface area contributed by atoms with E-state index in [-0.39, 0.29) is 5.69 Å². The van der Waals surface area contributed by atoms with Gasteiger partial charge >= 0.3 is 5.69 Å². The standard InChI is InChI=1S/C7H6BrN3O/c1-10-7(12)11-4-5(8)2-3-6(11)9-10/h2-4H,1H3. The van der Waals surface area contributed by atoms with E-state index in [1.54, 1.807) is 19.3 Å². The molecule has 0 bridgehead atoms. The predicted octanol–water partition coefficient (Wildman–Crippen LogP) is 0.795. The fourth-order valence-corrected chi connectivity index (χ4v) is 1.39. The number of rotatable bonds is 0. The minimum Gasteiger partial charge on any atom is -0.249 e. The van der Waals surface area contributed by atoms with E-state index in [1.807, 2.05) is 6.07 Å². The van der Waals surface area contributed by atoms with Crippen LogP contribution >= 0.6 is 15.9 Å². The van der Waals surface area contributed by atoms with Crippen LogP contribution in [0.15, 0.2) is 27.6 Å². The van der Waals surface area contributed by atoms with Gasteiger partial charge in [0, 0.05) is 17.7 Å². The minimum absolute atomic E-state index is 0.133. The number of fused-ring (bicyclic) bond motifs is 1. The molecule has 2 heterocycles. The lowest BCUT2D eigenvalue weighted by Crippen LogP contribution is -2.17. The maximum absolute atomic E-state index is 11.3. The van der Waals surface area contributed by atoms with Crippen molar-refractivity contribution in [2.24, 2.45) is 7.05 Å². The Morgan fingerprint density at radius 3 is 3.00 bits per heavy atom. The molecule has 0 amide bonds. The number of pyridine rings is 1. The van der Waals surface area contributed by atoms with E-state index in [2.05, 4.69) is 21.0 Å². The van der Waals surface area contributed by atoms with E-state index >= 15 is 0 Å². The van der Waals surface area contributed by atoms with Crippen LogP contribution in [0, 0.1) is 0 Å². The number of hydrogen-bond donors (Lipinski definition) is 0. The van der Waals surface area contributed by atoms with Crippen molar-refractivity contribution < 1.29 is 0 Å². The van der Waals surface area contributed by atoms with Gasteiger partial charge in [-0.2, -0.15) is 5.10 Å². The highest BCUT2D eigenvalue weighted by atomic mass is 79.9. The number of nitrogens with zero attached hydrogens (tertiary/aromatic N) is 3. The van der Waals surface area contributed by atoms with Gasteiger partial charge in [0.2, 0.25) is 0 Å². The van der Waals surface area contributed by atoms with E-state index in [4.69, 9.17) is 0 Å². The first-order valence-electron chi connectivity index (χ1n) is 3.39. The molecule has 0 unspecified atom stereocenters. The van der Waals surface area contributed by atoms with Crippen LogP contribution in [0.1, 0.15) is 0 Å². The smallest absolute Gasteiger partial charge is 0.249 e. The molecule has 2 aromatic heterocycles. The molecule has 0 radical (unpaired) electrons. The van der Waals surface area contributed by atoms with E-state index < -0.39 is 0 Å². The average Bonchev–Trinajstić information content (AvgIpc) is 2.31. The Morgan fingerprint density at radius 2 is 2.25 bits per heavy atom. The van der Waals surface area contributed by atoms with Crippen LogP contribution in [0.5, 0.6) is 0 Å². The second-order valence-corrected chi connectivity index (χ2v) is 3.40. The first-order valence-corrected chi connectivity index (χ1v) is 4.19. The summed E-state index contributed by atoms with van der Waals surface area (Å²) in [7, 11) is 1.63. The summed E-state index contributed by atoms with van der Waals surface area (Å²) in [6.45, 7) is 0. The first kappa shape index (κ1) is 7.54. The lowest BCUT2D eigenvalue weighted by molar-refractivity contribution is 0.732. The van der Waals surface area contributed by atoms with Crippen molar-refractivity contribution in [3.05, 3.63) is 33.3 Å². The maximum atomic E-state index is 11.3. The SMILES string of the molecule is Cn1nc2ccc(Br)cn2c1=O. The topological polar surface area (TPSA) is 39.3 Å². The van der Waals surface area contributed by atoms with Crippen molar-refractivity contribution in [1.29, 1.82) is 0 Å². The zero-order chi connectivity index (χ0) is 8.72. The summed E-state index contributed by atoms with van der Waals surface area (Å²) < 4.78 is 3.66. The molecule has 2 rings (SSSR count). The summed E-state index contributed by atoms with van der Waals surface area (Å²) in [6.07, 6.45) is 1.70. The third kappa shape index (κ3) is 0.972. The van der Waals surface area contributed by atoms with Gasteiger partial charge in [0.25, 0.3) is 0 Å². The van der Waals surface area contributed by atoms with Gasteiger partial charge in [-0.1, -0.05) is 0 Å². The third-order valence-electron chi connectivity index (χ3n) is 1.63. The van der Waals surface area contributed by atoms with Gasteiger partial charge in [0.1, 0.15) is 0 Å². The highest BCUT2D eigenvalue weighted by Gasteiger charge is 2.01. The second kappa shape index (κ2) is 2.45. The molecule has 0 atom stereocenters. The number of halogens is 1. The lowest BCUT2D eigenvalue weighted by Gasteiger charge is -1.89. The Kier molecular flexibility index (Phi) is 1.54. The van der Waals surface area contributed by atoms with E-state index in [0.717, 1.165) is 4.47 Å². The van der Waals surface area contributed by atoms with Crippen LogP contribution in [0.4, 0.5) is 0 Å². The summed E-state index contributed by atoms with van der Waals surface area (Å²) in [5, 5.41) is 4.00. The summed E-state index contributed by atoms with van der Waals surface area (Å²) in [6, 6.07) is 3.63. The zero-order valence-electron chi connectivity index (χ0n) is 6.36. The second-order valence-electron chi connectivity index (χ2n) is 2.48. The van der Waals surface area contributed by atoms with Crippen LogP contribution in [0.25, 0.3) is 5.65 Å². The van der Waals surface area contributed by atoms with E-state index in [0.29, 0.717) is 5.65 Å². The monoisotopic (exact) mass is 227 g/mol. The van der Waals surface area contributed by atoms with E-state index in [1.165, 1.54) is 9.08 Å². The Morgan fingerprint density at radius 1 is 1.50 bits per heavy atom. The maximum Gasteiger partial charge on any atom is 0.350 e. The van der Waals surface area contributed by atoms with Crippen LogP contribution in [0.2, 0.25) is 0 Å². The largest absolute Gasteiger partial charge is 0.350 e. The van der Waals surface area contributed by atoms with Crippen molar-refractivity contribution >= 4 is 21.6 Å². The first-order chi connectivity index (χ1) is 5.68. The molecule has 62 valence electrons. The fraction of sp³-hybridized carbons (Fsp3) is 0.143. The van der Waals surface area contributed by atoms with Crippen LogP contribution in [0.3, 0.4) is 0 Å². The molecule has 4 nitrogen and oxygen atoms in total. The van der Waals surface area contributed by atoms with Crippen molar-refractivity contribution in [1.82, 2.24) is 14.2 Å². The van der Waals surface area contributed by atoms with Crippen molar-refractivity contribution in [2.75, 3.05) is 0 Å². The van der Waals surface area contributed by atoms with Crippen LogP contribution in [-0.2, 0) is 7.05 Å². The Balaban J connectivity index is 2.98. The number of aryl methyl sites for hydroxylation is 1. The van der Waals surface area contributed by atoms with Crippen molar-refractivity contribution in [3.8, 4) is 0 Å². The summed E-state index contributed by atoms with van der Waals surface area (Å²) in [5.41, 5.74) is 0.525. The Bertz CT molecular complexity index is 485. The molecule has 0 spiro atoms. The molecule has 0 N–H and O–H groups in total. The molecule has 0 aliphatic carbocycles. The fourth-order valence-electron chi connectivity index (χ4n) is 1.05. The summed E-state index contributed by atoms with van der Waals surface area (Å²) >= 11 is 3.28. The molecule has 0 aromatic carbocycles. The van der Waals surface area contributed by atoms with Crippen molar-refractivity contribution in [2.45, 2.75) is 0 Å². The highest BCUT2D eigenvalue weighted by Crippen LogP contribution is 2.08. The lowest BCUT2D eigenvalue weighted by atomic mass is 10.5. The minimum atomic E-state index is -0.133. The van der Waals surface area contributed by atoms with Gasteiger partial charge in [0.15, 0.2) is 5.65 Å². The normalized spacial score (nSPS) is 10.8. The molecule has 5 heteroatoms. The molecular formula is C7H6BrN3O. The predicted molar refractivity (Wildman–Crippen MR) is 48.1 cm³/mol. The molecule has 0 saturated heterocycles. The molecule has 12 heavy (non-hydrogen) atoms. The van der Waals surface area contributed by atoms with Gasteiger partial charge in [-0.15, -0.1) is 0 Å².